The van der Waals surface area contributed by atoms with E-state index in [9.17, 15) is 0 Å². The van der Waals surface area contributed by atoms with Crippen LogP contribution in [0.4, 0.5) is 0 Å². The van der Waals surface area contributed by atoms with Gasteiger partial charge in [0.25, 0.3) is 0 Å². The highest BCUT2D eigenvalue weighted by Gasteiger charge is 2.38. The van der Waals surface area contributed by atoms with Crippen molar-refractivity contribution in [1.82, 2.24) is 0 Å². The molecule has 0 aliphatic rings. The molecule has 3 nitrogen and oxygen atoms in total. The van der Waals surface area contributed by atoms with E-state index in [4.69, 9.17) is 13.3 Å². The van der Waals surface area contributed by atoms with Gasteiger partial charge in [0.1, 0.15) is 0 Å². The number of rotatable bonds is 10. The minimum absolute atomic E-state index is 0.460. The lowest BCUT2D eigenvalue weighted by Gasteiger charge is -2.29. The van der Waals surface area contributed by atoms with E-state index in [0.717, 1.165) is 0 Å². The predicted molar refractivity (Wildman–Crippen MR) is 78.3 cm³/mol. The van der Waals surface area contributed by atoms with Crippen LogP contribution in [0.1, 0.15) is 41.5 Å². The maximum atomic E-state index is 5.92. The summed E-state index contributed by atoms with van der Waals surface area (Å²) in [7, 11) is -2.69. The monoisotopic (exact) mass is 274 g/mol. The topological polar surface area (TPSA) is 27.7 Å². The summed E-state index contributed by atoms with van der Waals surface area (Å²) >= 11 is 0. The largest absolute Gasteiger partial charge is 0.529 e. The Bertz CT molecular complexity index is 196. The minimum Gasteiger partial charge on any atom is -0.370 e. The molecular formula is C14H30O3Si. The standard InChI is InChI=1S/C14H30O3Si/c1-8-18(15-9-12(2)3,16-10-13(4)5)17-11-14(6)7/h8,12-14H,1,9-11H2,2-7H3. The molecule has 0 rings (SSSR count). The van der Waals surface area contributed by atoms with Gasteiger partial charge in [-0.2, -0.15) is 0 Å². The van der Waals surface area contributed by atoms with Gasteiger partial charge in [-0.15, -0.1) is 0 Å². The Morgan fingerprint density at radius 2 is 1.06 bits per heavy atom. The van der Waals surface area contributed by atoms with Crippen LogP contribution in [0.15, 0.2) is 12.3 Å². The van der Waals surface area contributed by atoms with Gasteiger partial charge in [-0.3, -0.25) is 0 Å². The van der Waals surface area contributed by atoms with Crippen LogP contribution in [0.25, 0.3) is 0 Å². The van der Waals surface area contributed by atoms with E-state index in [2.05, 4.69) is 48.1 Å². The molecule has 0 aromatic rings. The van der Waals surface area contributed by atoms with Gasteiger partial charge >= 0.3 is 8.80 Å². The van der Waals surface area contributed by atoms with Crippen molar-refractivity contribution in [2.45, 2.75) is 41.5 Å². The van der Waals surface area contributed by atoms with Crippen LogP contribution in [0.3, 0.4) is 0 Å². The second-order valence-electron chi connectivity index (χ2n) is 5.92. The van der Waals surface area contributed by atoms with Crippen LogP contribution < -0.4 is 0 Å². The summed E-state index contributed by atoms with van der Waals surface area (Å²) in [6.07, 6.45) is 0. The Hall–Kier alpha value is -0.163. The highest BCUT2D eigenvalue weighted by molar-refractivity contribution is 6.66. The van der Waals surface area contributed by atoms with Crippen molar-refractivity contribution in [3.63, 3.8) is 0 Å². The van der Waals surface area contributed by atoms with Crippen molar-refractivity contribution in [1.29, 1.82) is 0 Å². The third-order valence-electron chi connectivity index (χ3n) is 2.10. The second kappa shape index (κ2) is 8.86. The van der Waals surface area contributed by atoms with Crippen LogP contribution in [0, 0.1) is 17.8 Å². The first kappa shape index (κ1) is 17.8. The van der Waals surface area contributed by atoms with Crippen molar-refractivity contribution in [3.8, 4) is 0 Å². The molecule has 0 bridgehead atoms. The molecule has 4 heteroatoms. The molecule has 0 fully saturated rings. The number of hydrogen-bond acceptors (Lipinski definition) is 3. The van der Waals surface area contributed by atoms with Crippen molar-refractivity contribution in [2.75, 3.05) is 19.8 Å². The van der Waals surface area contributed by atoms with Crippen LogP contribution >= 0.6 is 0 Å². The maximum absolute atomic E-state index is 5.92. The van der Waals surface area contributed by atoms with Gasteiger partial charge in [0.15, 0.2) is 0 Å². The molecule has 0 saturated carbocycles. The SMILES string of the molecule is C=C[Si](OCC(C)C)(OCC(C)C)OCC(C)C. The number of hydrogen-bond donors (Lipinski definition) is 0. The van der Waals surface area contributed by atoms with E-state index in [-0.39, 0.29) is 0 Å². The lowest BCUT2D eigenvalue weighted by Crippen LogP contribution is -2.46. The smallest absolute Gasteiger partial charge is 0.370 e. The zero-order valence-corrected chi connectivity index (χ0v) is 13.9. The van der Waals surface area contributed by atoms with Crippen molar-refractivity contribution in [2.24, 2.45) is 17.8 Å². The predicted octanol–water partition coefficient (Wildman–Crippen LogP) is 3.67. The molecule has 0 radical (unpaired) electrons. The summed E-state index contributed by atoms with van der Waals surface area (Å²) in [6.45, 7) is 18.5. The molecule has 0 atom stereocenters. The lowest BCUT2D eigenvalue weighted by molar-refractivity contribution is 0.0481. The molecule has 0 aromatic carbocycles. The van der Waals surface area contributed by atoms with Gasteiger partial charge in [0.05, 0.1) is 0 Å². The molecule has 0 aliphatic heterocycles. The molecule has 0 N–H and O–H groups in total. The first-order valence-electron chi connectivity index (χ1n) is 6.86. The Morgan fingerprint density at radius 1 is 0.778 bits per heavy atom. The Kier molecular flexibility index (Phi) is 8.78. The summed E-state index contributed by atoms with van der Waals surface area (Å²) in [5.74, 6) is 1.38. The van der Waals surface area contributed by atoms with E-state index in [0.29, 0.717) is 37.6 Å². The average Bonchev–Trinajstić information content (AvgIpc) is 2.28. The van der Waals surface area contributed by atoms with Crippen LogP contribution in [0.5, 0.6) is 0 Å². The molecule has 0 saturated heterocycles. The highest BCUT2D eigenvalue weighted by atomic mass is 28.4. The van der Waals surface area contributed by atoms with E-state index in [1.165, 1.54) is 0 Å². The van der Waals surface area contributed by atoms with Gasteiger partial charge in [0.2, 0.25) is 0 Å². The molecule has 0 aliphatic carbocycles. The third kappa shape index (κ3) is 8.03. The summed E-state index contributed by atoms with van der Waals surface area (Å²) in [5.41, 5.74) is 1.75. The zero-order chi connectivity index (χ0) is 14.2. The lowest BCUT2D eigenvalue weighted by atomic mass is 10.2. The van der Waals surface area contributed by atoms with E-state index in [1.807, 2.05) is 0 Å². The first-order chi connectivity index (χ1) is 8.31. The molecule has 0 aromatic heterocycles. The molecule has 108 valence electrons. The van der Waals surface area contributed by atoms with Crippen molar-refractivity contribution in [3.05, 3.63) is 12.3 Å². The van der Waals surface area contributed by atoms with Gasteiger partial charge < -0.3 is 13.3 Å². The average molecular weight is 274 g/mol. The van der Waals surface area contributed by atoms with Gasteiger partial charge in [-0.05, 0) is 23.5 Å². The normalized spacial score (nSPS) is 12.7. The molecule has 0 amide bonds. The Balaban J connectivity index is 4.54. The molecular weight excluding hydrogens is 244 g/mol. The first-order valence-corrected chi connectivity index (χ1v) is 8.67. The zero-order valence-electron chi connectivity index (χ0n) is 12.9. The van der Waals surface area contributed by atoms with Gasteiger partial charge in [0, 0.05) is 19.8 Å². The van der Waals surface area contributed by atoms with Crippen LogP contribution in [0.2, 0.25) is 0 Å². The third-order valence-corrected chi connectivity index (χ3v) is 4.31. The molecule has 0 spiro atoms. The summed E-state index contributed by atoms with van der Waals surface area (Å²) in [4.78, 5) is 0. The van der Waals surface area contributed by atoms with E-state index in [1.54, 1.807) is 5.70 Å². The van der Waals surface area contributed by atoms with Crippen LogP contribution in [-0.4, -0.2) is 28.6 Å². The van der Waals surface area contributed by atoms with Gasteiger partial charge in [-0.1, -0.05) is 48.1 Å². The summed E-state index contributed by atoms with van der Waals surface area (Å²) < 4.78 is 17.8. The van der Waals surface area contributed by atoms with Crippen molar-refractivity contribution < 1.29 is 13.3 Å². The fourth-order valence-corrected chi connectivity index (χ4v) is 3.45. The van der Waals surface area contributed by atoms with E-state index < -0.39 is 8.80 Å². The van der Waals surface area contributed by atoms with Crippen molar-refractivity contribution >= 4 is 8.80 Å². The van der Waals surface area contributed by atoms with Gasteiger partial charge in [-0.25, -0.2) is 0 Å². The summed E-state index contributed by atoms with van der Waals surface area (Å²) in [5, 5.41) is 0. The Morgan fingerprint density at radius 3 is 1.22 bits per heavy atom. The highest BCUT2D eigenvalue weighted by Crippen LogP contribution is 2.16. The fourth-order valence-electron chi connectivity index (χ4n) is 1.15. The maximum Gasteiger partial charge on any atom is 0.529 e. The van der Waals surface area contributed by atoms with E-state index >= 15 is 0 Å². The van der Waals surface area contributed by atoms with Crippen LogP contribution in [-0.2, 0) is 13.3 Å². The molecule has 0 heterocycles. The fraction of sp³-hybridized carbons (Fsp3) is 0.857. The quantitative estimate of drug-likeness (QED) is 0.569. The Labute approximate surface area is 114 Å². The minimum atomic E-state index is -2.69. The molecule has 0 unspecified atom stereocenters. The second-order valence-corrected chi connectivity index (χ2v) is 8.40. The molecule has 18 heavy (non-hydrogen) atoms. The summed E-state index contributed by atoms with van der Waals surface area (Å²) in [6, 6.07) is 0.